The molecule has 5 nitrogen and oxygen atoms in total. The van der Waals surface area contributed by atoms with Gasteiger partial charge in [0.2, 0.25) is 0 Å². The van der Waals surface area contributed by atoms with Gasteiger partial charge in [-0.3, -0.25) is 0 Å². The Labute approximate surface area is 106 Å². The van der Waals surface area contributed by atoms with E-state index in [0.717, 1.165) is 42.9 Å². The van der Waals surface area contributed by atoms with Crippen LogP contribution in [0.15, 0.2) is 18.5 Å². The van der Waals surface area contributed by atoms with Crippen molar-refractivity contribution in [3.63, 3.8) is 0 Å². The van der Waals surface area contributed by atoms with Gasteiger partial charge in [-0.25, -0.2) is 4.98 Å². The largest absolute Gasteiger partial charge is 0.368 e. The predicted molar refractivity (Wildman–Crippen MR) is 70.5 cm³/mol. The Morgan fingerprint density at radius 3 is 2.83 bits per heavy atom. The lowest BCUT2D eigenvalue weighted by atomic mass is 10.1. The lowest BCUT2D eigenvalue weighted by molar-refractivity contribution is 0.313. The Hall–Kier alpha value is -2.06. The smallest absolute Gasteiger partial charge is 0.140 e. The molecule has 2 aromatic heterocycles. The normalized spacial score (nSPS) is 17.0. The number of rotatable bonds is 1. The fourth-order valence-corrected chi connectivity index (χ4v) is 2.44. The lowest BCUT2D eigenvalue weighted by Gasteiger charge is -2.34. The molecule has 0 radical (unpaired) electrons. The van der Waals surface area contributed by atoms with Crippen LogP contribution in [0.5, 0.6) is 0 Å². The van der Waals surface area contributed by atoms with Gasteiger partial charge in [-0.05, 0) is 13.1 Å². The van der Waals surface area contributed by atoms with Gasteiger partial charge in [0.05, 0.1) is 16.6 Å². The van der Waals surface area contributed by atoms with Crippen LogP contribution in [0.1, 0.15) is 5.56 Å². The number of nitrogens with zero attached hydrogens (tertiary/aromatic N) is 4. The summed E-state index contributed by atoms with van der Waals surface area (Å²) in [6.45, 7) is 4.09. The van der Waals surface area contributed by atoms with Gasteiger partial charge >= 0.3 is 0 Å². The highest BCUT2D eigenvalue weighted by atomic mass is 15.2. The van der Waals surface area contributed by atoms with Crippen LogP contribution in [-0.2, 0) is 0 Å². The van der Waals surface area contributed by atoms with Crippen molar-refractivity contribution in [2.75, 3.05) is 38.1 Å². The molecule has 2 aromatic rings. The van der Waals surface area contributed by atoms with Crippen molar-refractivity contribution >= 4 is 16.7 Å². The molecule has 0 aromatic carbocycles. The van der Waals surface area contributed by atoms with Gasteiger partial charge in [-0.2, -0.15) is 5.26 Å². The van der Waals surface area contributed by atoms with E-state index in [-0.39, 0.29) is 0 Å². The summed E-state index contributed by atoms with van der Waals surface area (Å²) in [4.78, 5) is 12.0. The second-order valence-corrected chi connectivity index (χ2v) is 4.66. The third-order valence-electron chi connectivity index (χ3n) is 3.52. The van der Waals surface area contributed by atoms with Crippen molar-refractivity contribution in [2.45, 2.75) is 0 Å². The number of hydrogen-bond donors (Lipinski definition) is 1. The number of aromatic amines is 1. The molecule has 0 aliphatic carbocycles. The fraction of sp³-hybridized carbons (Fsp3) is 0.385. The number of hydrogen-bond acceptors (Lipinski definition) is 4. The molecule has 0 amide bonds. The third kappa shape index (κ3) is 1.71. The van der Waals surface area contributed by atoms with Gasteiger partial charge in [-0.15, -0.1) is 0 Å². The summed E-state index contributed by atoms with van der Waals surface area (Å²) >= 11 is 0. The van der Waals surface area contributed by atoms with Crippen LogP contribution in [-0.4, -0.2) is 48.1 Å². The van der Waals surface area contributed by atoms with Gasteiger partial charge in [0.1, 0.15) is 11.7 Å². The van der Waals surface area contributed by atoms with Crippen LogP contribution < -0.4 is 4.90 Å². The summed E-state index contributed by atoms with van der Waals surface area (Å²) in [5.74, 6) is 0. The second-order valence-electron chi connectivity index (χ2n) is 4.66. The molecule has 0 saturated carbocycles. The minimum Gasteiger partial charge on any atom is -0.368 e. The quantitative estimate of drug-likeness (QED) is 0.814. The maximum absolute atomic E-state index is 9.16. The standard InChI is InChI=1S/C13H15N5/c1-17-4-6-18(7-5-17)11-2-3-15-13-12(11)10(8-14)9-16-13/h2-3,9H,4-7H2,1H3,(H,15,16). The molecule has 92 valence electrons. The van der Waals surface area contributed by atoms with Crippen molar-refractivity contribution < 1.29 is 0 Å². The van der Waals surface area contributed by atoms with Gasteiger partial charge in [0, 0.05) is 38.6 Å². The Balaban J connectivity index is 2.06. The molecule has 1 saturated heterocycles. The number of nitriles is 1. The summed E-state index contributed by atoms with van der Waals surface area (Å²) in [7, 11) is 2.14. The minimum absolute atomic E-state index is 0.673. The average molecular weight is 241 g/mol. The maximum atomic E-state index is 9.16. The van der Waals surface area contributed by atoms with E-state index in [1.807, 2.05) is 6.07 Å². The van der Waals surface area contributed by atoms with Gasteiger partial charge < -0.3 is 14.8 Å². The molecule has 3 rings (SSSR count). The van der Waals surface area contributed by atoms with Crippen LogP contribution in [0, 0.1) is 11.3 Å². The molecule has 1 N–H and O–H groups in total. The van der Waals surface area contributed by atoms with E-state index in [0.29, 0.717) is 5.56 Å². The number of likely N-dealkylation sites (N-methyl/N-ethyl adjacent to an activating group) is 1. The van der Waals surface area contributed by atoms with E-state index in [9.17, 15) is 0 Å². The van der Waals surface area contributed by atoms with Gasteiger partial charge in [-0.1, -0.05) is 0 Å². The van der Waals surface area contributed by atoms with E-state index in [1.54, 1.807) is 12.4 Å². The van der Waals surface area contributed by atoms with Crippen molar-refractivity contribution in [1.82, 2.24) is 14.9 Å². The lowest BCUT2D eigenvalue weighted by Crippen LogP contribution is -2.44. The number of nitrogens with one attached hydrogen (secondary N) is 1. The Kier molecular flexibility index (Phi) is 2.65. The van der Waals surface area contributed by atoms with E-state index in [2.05, 4.69) is 32.9 Å². The highest BCUT2D eigenvalue weighted by Crippen LogP contribution is 2.28. The molecule has 3 heterocycles. The van der Waals surface area contributed by atoms with E-state index in [4.69, 9.17) is 5.26 Å². The van der Waals surface area contributed by atoms with Crippen LogP contribution >= 0.6 is 0 Å². The van der Waals surface area contributed by atoms with E-state index >= 15 is 0 Å². The van der Waals surface area contributed by atoms with Crippen LogP contribution in [0.25, 0.3) is 11.0 Å². The van der Waals surface area contributed by atoms with Crippen LogP contribution in [0.3, 0.4) is 0 Å². The van der Waals surface area contributed by atoms with Crippen molar-refractivity contribution in [1.29, 1.82) is 5.26 Å². The highest BCUT2D eigenvalue weighted by Gasteiger charge is 2.18. The molecule has 5 heteroatoms. The first-order chi connectivity index (χ1) is 8.79. The van der Waals surface area contributed by atoms with Crippen molar-refractivity contribution in [3.8, 4) is 6.07 Å². The monoisotopic (exact) mass is 241 g/mol. The molecule has 0 atom stereocenters. The molecule has 18 heavy (non-hydrogen) atoms. The topological polar surface area (TPSA) is 58.9 Å². The molecule has 0 unspecified atom stereocenters. The molecule has 1 aliphatic rings. The SMILES string of the molecule is CN1CCN(c2ccnc3[nH]cc(C#N)c23)CC1. The number of aromatic nitrogens is 2. The minimum atomic E-state index is 0.673. The zero-order valence-corrected chi connectivity index (χ0v) is 10.3. The Morgan fingerprint density at radius 1 is 1.33 bits per heavy atom. The molecule has 0 spiro atoms. The van der Waals surface area contributed by atoms with Crippen LogP contribution in [0.4, 0.5) is 5.69 Å². The summed E-state index contributed by atoms with van der Waals surface area (Å²) < 4.78 is 0. The molecule has 1 fully saturated rings. The number of anilines is 1. The first kappa shape index (κ1) is 11.1. The predicted octanol–water partition coefficient (Wildman–Crippen LogP) is 1.19. The molecular weight excluding hydrogens is 226 g/mol. The number of fused-ring (bicyclic) bond motifs is 1. The third-order valence-corrected chi connectivity index (χ3v) is 3.52. The molecule has 1 aliphatic heterocycles. The fourth-order valence-electron chi connectivity index (χ4n) is 2.44. The van der Waals surface area contributed by atoms with Gasteiger partial charge in [0.25, 0.3) is 0 Å². The first-order valence-corrected chi connectivity index (χ1v) is 6.09. The maximum Gasteiger partial charge on any atom is 0.140 e. The summed E-state index contributed by atoms with van der Waals surface area (Å²) in [5.41, 5.74) is 2.58. The molecule has 0 bridgehead atoms. The van der Waals surface area contributed by atoms with Gasteiger partial charge in [0.15, 0.2) is 0 Å². The zero-order chi connectivity index (χ0) is 12.5. The van der Waals surface area contributed by atoms with E-state index < -0.39 is 0 Å². The summed E-state index contributed by atoms with van der Waals surface area (Å²) in [5, 5.41) is 10.1. The average Bonchev–Trinajstić information content (AvgIpc) is 2.82. The molecular formula is C13H15N5. The van der Waals surface area contributed by atoms with E-state index in [1.165, 1.54) is 0 Å². The van der Waals surface area contributed by atoms with Crippen molar-refractivity contribution in [3.05, 3.63) is 24.0 Å². The Morgan fingerprint density at radius 2 is 2.11 bits per heavy atom. The number of H-pyrrole nitrogens is 1. The highest BCUT2D eigenvalue weighted by molar-refractivity contribution is 5.94. The van der Waals surface area contributed by atoms with Crippen molar-refractivity contribution in [2.24, 2.45) is 0 Å². The zero-order valence-electron chi connectivity index (χ0n) is 10.3. The Bertz CT molecular complexity index is 601. The summed E-state index contributed by atoms with van der Waals surface area (Å²) in [6.07, 6.45) is 3.53. The summed E-state index contributed by atoms with van der Waals surface area (Å²) in [6, 6.07) is 4.23. The number of pyridine rings is 1. The first-order valence-electron chi connectivity index (χ1n) is 6.09. The second kappa shape index (κ2) is 4.31. The van der Waals surface area contributed by atoms with Crippen LogP contribution in [0.2, 0.25) is 0 Å². The number of piperazine rings is 1.